The molecule has 7 nitrogen and oxygen atoms in total. The first kappa shape index (κ1) is 26.2. The molecule has 0 radical (unpaired) electrons. The van der Waals surface area contributed by atoms with Crippen LogP contribution in [0.25, 0.3) is 10.9 Å². The predicted molar refractivity (Wildman–Crippen MR) is 137 cm³/mol. The lowest BCUT2D eigenvalue weighted by Gasteiger charge is -2.27. The number of aromatic nitrogens is 1. The summed E-state index contributed by atoms with van der Waals surface area (Å²) in [4.78, 5) is 17.5. The maximum Gasteiger partial charge on any atom is 0.410 e. The number of aryl methyl sites for hydroxylation is 1. The van der Waals surface area contributed by atoms with Crippen molar-refractivity contribution in [3.8, 4) is 0 Å². The van der Waals surface area contributed by atoms with Crippen LogP contribution in [0.1, 0.15) is 44.2 Å². The molecule has 34 heavy (non-hydrogen) atoms. The quantitative estimate of drug-likeness (QED) is 0.348. The largest absolute Gasteiger partial charge is 0.444 e. The molecule has 0 unspecified atom stereocenters. The average molecular weight is 552 g/mol. The zero-order valence-electron chi connectivity index (χ0n) is 20.1. The lowest BCUT2D eigenvalue weighted by atomic mass is 9.95. The van der Waals surface area contributed by atoms with Crippen molar-refractivity contribution in [2.24, 2.45) is 0 Å². The van der Waals surface area contributed by atoms with Gasteiger partial charge in [-0.15, -0.1) is 0 Å². The summed E-state index contributed by atoms with van der Waals surface area (Å²) >= 11 is 3.51. The number of fused-ring (bicyclic) bond motifs is 1. The van der Waals surface area contributed by atoms with Crippen LogP contribution in [-0.4, -0.2) is 50.2 Å². The molecule has 0 fully saturated rings. The summed E-state index contributed by atoms with van der Waals surface area (Å²) in [5.74, 6) is -0.186. The van der Waals surface area contributed by atoms with E-state index >= 15 is 0 Å². The van der Waals surface area contributed by atoms with Gasteiger partial charge in [0.15, 0.2) is 0 Å². The van der Waals surface area contributed by atoms with Crippen molar-refractivity contribution in [2.75, 3.05) is 20.2 Å². The van der Waals surface area contributed by atoms with Gasteiger partial charge < -0.3 is 14.6 Å². The minimum Gasteiger partial charge on any atom is -0.444 e. The molecule has 1 N–H and O–H groups in total. The van der Waals surface area contributed by atoms with Crippen LogP contribution in [0.15, 0.2) is 58.0 Å². The van der Waals surface area contributed by atoms with Gasteiger partial charge in [0.25, 0.3) is 10.1 Å². The lowest BCUT2D eigenvalue weighted by molar-refractivity contribution is 0.0285. The number of benzene rings is 2. The molecule has 9 heteroatoms. The van der Waals surface area contributed by atoms with Gasteiger partial charge >= 0.3 is 6.09 Å². The van der Waals surface area contributed by atoms with E-state index in [9.17, 15) is 13.2 Å². The fraction of sp³-hybridized carbons (Fsp3) is 0.400. The highest BCUT2D eigenvalue weighted by molar-refractivity contribution is 9.10. The van der Waals surface area contributed by atoms with Crippen LogP contribution in [0.2, 0.25) is 0 Å². The number of ether oxygens (including phenoxy) is 1. The summed E-state index contributed by atoms with van der Waals surface area (Å²) in [6, 6.07) is 12.5. The number of hydrogen-bond donors (Lipinski definition) is 1. The van der Waals surface area contributed by atoms with Gasteiger partial charge in [0, 0.05) is 41.1 Å². The zero-order chi connectivity index (χ0) is 25.1. The standard InChI is InChI=1S/C25H31BrN2O5S/c1-17-6-9-20(10-7-17)34(30,31)32-13-12-18(16-28(5)24(29)33-25(2,3)4)22-15-27-23-11-8-19(26)14-21(22)23/h6-11,14-15,18,27H,12-13,16H2,1-5H3/t18-/m1/s1. The van der Waals surface area contributed by atoms with Gasteiger partial charge in [-0.3, -0.25) is 4.18 Å². The Labute approximate surface area is 209 Å². The van der Waals surface area contributed by atoms with Crippen molar-refractivity contribution in [2.45, 2.75) is 50.5 Å². The highest BCUT2D eigenvalue weighted by atomic mass is 79.9. The van der Waals surface area contributed by atoms with Crippen molar-refractivity contribution in [3.05, 3.63) is 64.3 Å². The molecule has 0 aliphatic carbocycles. The number of nitrogens with one attached hydrogen (secondary N) is 1. The molecule has 0 saturated carbocycles. The normalized spacial score (nSPS) is 13.1. The van der Waals surface area contributed by atoms with E-state index in [1.54, 1.807) is 19.2 Å². The first-order chi connectivity index (χ1) is 15.9. The molecular formula is C25H31BrN2O5S. The van der Waals surface area contributed by atoms with Gasteiger partial charge in [0.05, 0.1) is 11.5 Å². The number of carbonyl (C=O) groups is 1. The van der Waals surface area contributed by atoms with Crippen LogP contribution in [0.3, 0.4) is 0 Å². The molecule has 3 aromatic rings. The van der Waals surface area contributed by atoms with Crippen molar-refractivity contribution < 1.29 is 22.1 Å². The van der Waals surface area contributed by atoms with Crippen LogP contribution >= 0.6 is 15.9 Å². The maximum absolute atomic E-state index is 12.6. The van der Waals surface area contributed by atoms with E-state index in [4.69, 9.17) is 8.92 Å². The number of nitrogens with zero attached hydrogens (tertiary/aromatic N) is 1. The van der Waals surface area contributed by atoms with Crippen molar-refractivity contribution in [1.29, 1.82) is 0 Å². The van der Waals surface area contributed by atoms with Gasteiger partial charge in [0.2, 0.25) is 0 Å². The highest BCUT2D eigenvalue weighted by Gasteiger charge is 2.25. The molecule has 184 valence electrons. The minimum absolute atomic E-state index is 0.0241. The lowest BCUT2D eigenvalue weighted by Crippen LogP contribution is -2.36. The first-order valence-corrected chi connectivity index (χ1v) is 13.2. The second-order valence-corrected chi connectivity index (χ2v) is 11.9. The van der Waals surface area contributed by atoms with E-state index in [1.165, 1.54) is 17.0 Å². The van der Waals surface area contributed by atoms with E-state index < -0.39 is 21.8 Å². The van der Waals surface area contributed by atoms with Crippen molar-refractivity contribution in [1.82, 2.24) is 9.88 Å². The van der Waals surface area contributed by atoms with Gasteiger partial charge in [-0.05, 0) is 70.0 Å². The SMILES string of the molecule is Cc1ccc(S(=O)(=O)OCC[C@H](CN(C)C(=O)OC(C)(C)C)c2c[nH]c3ccc(Br)cc23)cc1. The maximum atomic E-state index is 12.6. The number of halogens is 1. The molecule has 1 aromatic heterocycles. The second kappa shape index (κ2) is 10.5. The number of hydrogen-bond acceptors (Lipinski definition) is 5. The fourth-order valence-corrected chi connectivity index (χ4v) is 4.90. The third-order valence-electron chi connectivity index (χ3n) is 5.33. The van der Waals surface area contributed by atoms with Gasteiger partial charge in [-0.25, -0.2) is 4.79 Å². The zero-order valence-corrected chi connectivity index (χ0v) is 22.5. The molecular weight excluding hydrogens is 520 g/mol. The Kier molecular flexibility index (Phi) is 8.10. The Morgan fingerprint density at radius 2 is 1.82 bits per heavy atom. The van der Waals surface area contributed by atoms with E-state index in [1.807, 2.05) is 52.1 Å². The number of aromatic amines is 1. The monoisotopic (exact) mass is 550 g/mol. The molecule has 0 bridgehead atoms. The summed E-state index contributed by atoms with van der Waals surface area (Å²) in [6.45, 7) is 7.65. The topological polar surface area (TPSA) is 88.7 Å². The Bertz CT molecular complexity index is 1250. The van der Waals surface area contributed by atoms with Gasteiger partial charge in [-0.2, -0.15) is 8.42 Å². The molecule has 1 atom stereocenters. The van der Waals surface area contributed by atoms with Crippen LogP contribution < -0.4 is 0 Å². The Balaban J connectivity index is 1.80. The van der Waals surface area contributed by atoms with Gasteiger partial charge in [0.1, 0.15) is 5.60 Å². The molecule has 0 aliphatic heterocycles. The second-order valence-electron chi connectivity index (χ2n) is 9.37. The molecule has 2 aromatic carbocycles. The van der Waals surface area contributed by atoms with Crippen molar-refractivity contribution in [3.63, 3.8) is 0 Å². The van der Waals surface area contributed by atoms with E-state index in [0.29, 0.717) is 13.0 Å². The first-order valence-electron chi connectivity index (χ1n) is 11.0. The highest BCUT2D eigenvalue weighted by Crippen LogP contribution is 2.31. The number of rotatable bonds is 8. The number of likely N-dealkylation sites (N-methyl/N-ethyl adjacent to an activating group) is 1. The summed E-state index contributed by atoms with van der Waals surface area (Å²) < 4.78 is 37.1. The van der Waals surface area contributed by atoms with Crippen LogP contribution in [0, 0.1) is 6.92 Å². The molecule has 1 heterocycles. The van der Waals surface area contributed by atoms with Crippen LogP contribution in [0.4, 0.5) is 4.79 Å². The molecule has 0 spiro atoms. The van der Waals surface area contributed by atoms with E-state index in [2.05, 4.69) is 20.9 Å². The van der Waals surface area contributed by atoms with Crippen LogP contribution in [0.5, 0.6) is 0 Å². The van der Waals surface area contributed by atoms with Crippen molar-refractivity contribution >= 4 is 43.0 Å². The molecule has 0 saturated heterocycles. The number of H-pyrrole nitrogens is 1. The molecule has 3 rings (SSSR count). The third kappa shape index (κ3) is 6.84. The number of carbonyl (C=O) groups excluding carboxylic acids is 1. The van der Waals surface area contributed by atoms with Gasteiger partial charge in [-0.1, -0.05) is 33.6 Å². The average Bonchev–Trinajstić information content (AvgIpc) is 3.14. The van der Waals surface area contributed by atoms with E-state index in [-0.39, 0.29) is 17.4 Å². The van der Waals surface area contributed by atoms with E-state index in [0.717, 1.165) is 26.5 Å². The number of amides is 1. The summed E-state index contributed by atoms with van der Waals surface area (Å²) in [7, 11) is -2.20. The summed E-state index contributed by atoms with van der Waals surface area (Å²) in [6.07, 6.45) is 1.85. The Morgan fingerprint density at radius 3 is 2.47 bits per heavy atom. The Morgan fingerprint density at radius 1 is 1.15 bits per heavy atom. The van der Waals surface area contributed by atoms with Crippen LogP contribution in [-0.2, 0) is 19.0 Å². The molecule has 1 amide bonds. The summed E-state index contributed by atoms with van der Waals surface area (Å²) in [5, 5.41) is 0.998. The third-order valence-corrected chi connectivity index (χ3v) is 7.15. The Hall–Kier alpha value is -2.36. The minimum atomic E-state index is -3.88. The summed E-state index contributed by atoms with van der Waals surface area (Å²) in [5.41, 5.74) is 2.28. The smallest absolute Gasteiger partial charge is 0.410 e. The molecule has 0 aliphatic rings. The fourth-order valence-electron chi connectivity index (χ4n) is 3.62. The predicted octanol–water partition coefficient (Wildman–Crippen LogP) is 5.98.